The lowest BCUT2D eigenvalue weighted by Crippen LogP contribution is -2.39. The second-order valence-electron chi connectivity index (χ2n) is 7.93. The number of hydrogen-bond acceptors (Lipinski definition) is 4. The van der Waals surface area contributed by atoms with E-state index in [2.05, 4.69) is 31.9 Å². The highest BCUT2D eigenvalue weighted by Crippen LogP contribution is 2.19. The standard InChI is InChI=1S/C23H28BrN3O4/c1-23(2,3)31-22(30)26-15-21(29)25-14-17-9-5-7-11-19(17)27-20(28)13-12-16-8-4-6-10-18(16)24/h4-11H,12-15H2,1-3H3,(H,25,29)(H,26,30)(H,27,28). The third kappa shape index (κ3) is 9.21. The normalized spacial score (nSPS) is 10.8. The van der Waals surface area contributed by atoms with Crippen molar-refractivity contribution in [2.75, 3.05) is 11.9 Å². The highest BCUT2D eigenvalue weighted by atomic mass is 79.9. The lowest BCUT2D eigenvalue weighted by molar-refractivity contribution is -0.120. The number of alkyl carbamates (subject to hydrolysis) is 1. The van der Waals surface area contributed by atoms with Gasteiger partial charge in [-0.1, -0.05) is 52.3 Å². The van der Waals surface area contributed by atoms with Gasteiger partial charge < -0.3 is 20.7 Å². The number of amides is 3. The van der Waals surface area contributed by atoms with Crippen LogP contribution >= 0.6 is 15.9 Å². The minimum absolute atomic E-state index is 0.110. The van der Waals surface area contributed by atoms with Gasteiger partial charge in [-0.3, -0.25) is 9.59 Å². The average Bonchev–Trinajstić information content (AvgIpc) is 2.70. The first-order valence-corrected chi connectivity index (χ1v) is 10.8. The second kappa shape index (κ2) is 11.5. The van der Waals surface area contributed by atoms with Crippen LogP contribution in [0.3, 0.4) is 0 Å². The molecule has 8 heteroatoms. The van der Waals surface area contributed by atoms with E-state index < -0.39 is 11.7 Å². The maximum Gasteiger partial charge on any atom is 0.408 e. The largest absolute Gasteiger partial charge is 0.444 e. The summed E-state index contributed by atoms with van der Waals surface area (Å²) in [5.41, 5.74) is 1.84. The van der Waals surface area contributed by atoms with Crippen molar-refractivity contribution in [2.45, 2.75) is 45.8 Å². The van der Waals surface area contributed by atoms with E-state index in [0.29, 0.717) is 18.5 Å². The van der Waals surface area contributed by atoms with Crippen LogP contribution in [0.5, 0.6) is 0 Å². The number of hydrogen-bond donors (Lipinski definition) is 3. The molecule has 31 heavy (non-hydrogen) atoms. The van der Waals surface area contributed by atoms with Crippen LogP contribution < -0.4 is 16.0 Å². The molecule has 2 aromatic carbocycles. The fourth-order valence-corrected chi connectivity index (χ4v) is 3.16. The van der Waals surface area contributed by atoms with Crippen LogP contribution in [-0.4, -0.2) is 30.1 Å². The summed E-state index contributed by atoms with van der Waals surface area (Å²) in [6, 6.07) is 15.1. The number of ether oxygens (including phenoxy) is 1. The smallest absolute Gasteiger partial charge is 0.408 e. The minimum Gasteiger partial charge on any atom is -0.444 e. The third-order valence-electron chi connectivity index (χ3n) is 4.14. The topological polar surface area (TPSA) is 96.5 Å². The van der Waals surface area contributed by atoms with Crippen LogP contribution in [0.4, 0.5) is 10.5 Å². The summed E-state index contributed by atoms with van der Waals surface area (Å²) in [7, 11) is 0. The maximum absolute atomic E-state index is 12.4. The van der Waals surface area contributed by atoms with Gasteiger partial charge in [-0.2, -0.15) is 0 Å². The molecule has 0 unspecified atom stereocenters. The fraction of sp³-hybridized carbons (Fsp3) is 0.348. The molecule has 0 spiro atoms. The van der Waals surface area contributed by atoms with Crippen LogP contribution in [-0.2, 0) is 27.3 Å². The average molecular weight is 490 g/mol. The summed E-state index contributed by atoms with van der Waals surface area (Å²) < 4.78 is 6.07. The van der Waals surface area contributed by atoms with Gasteiger partial charge in [0.25, 0.3) is 0 Å². The van der Waals surface area contributed by atoms with E-state index in [1.807, 2.05) is 42.5 Å². The molecule has 2 aromatic rings. The first-order chi connectivity index (χ1) is 14.6. The lowest BCUT2D eigenvalue weighted by Gasteiger charge is -2.19. The molecule has 166 valence electrons. The summed E-state index contributed by atoms with van der Waals surface area (Å²) in [4.78, 5) is 36.1. The van der Waals surface area contributed by atoms with E-state index in [9.17, 15) is 14.4 Å². The number of benzene rings is 2. The predicted octanol–water partition coefficient (Wildman–Crippen LogP) is 4.16. The molecule has 7 nitrogen and oxygen atoms in total. The van der Waals surface area contributed by atoms with E-state index in [1.165, 1.54) is 0 Å². The molecule has 0 saturated heterocycles. The van der Waals surface area contributed by atoms with Gasteiger partial charge in [-0.25, -0.2) is 4.79 Å². The number of rotatable bonds is 8. The minimum atomic E-state index is -0.652. The van der Waals surface area contributed by atoms with Crippen LogP contribution in [0.15, 0.2) is 53.0 Å². The molecule has 0 saturated carbocycles. The summed E-state index contributed by atoms with van der Waals surface area (Å²) in [5.74, 6) is -0.470. The van der Waals surface area contributed by atoms with E-state index in [1.54, 1.807) is 26.8 Å². The molecule has 0 aliphatic carbocycles. The quantitative estimate of drug-likeness (QED) is 0.518. The van der Waals surface area contributed by atoms with Crippen molar-refractivity contribution in [2.24, 2.45) is 0 Å². The molecule has 0 atom stereocenters. The zero-order chi connectivity index (χ0) is 22.9. The lowest BCUT2D eigenvalue weighted by atomic mass is 10.1. The van der Waals surface area contributed by atoms with E-state index in [4.69, 9.17) is 4.74 Å². The van der Waals surface area contributed by atoms with Crippen LogP contribution in [0, 0.1) is 0 Å². The van der Waals surface area contributed by atoms with Crippen LogP contribution in [0.25, 0.3) is 0 Å². The van der Waals surface area contributed by atoms with Crippen molar-refractivity contribution >= 4 is 39.5 Å². The monoisotopic (exact) mass is 489 g/mol. The van der Waals surface area contributed by atoms with E-state index in [-0.39, 0.29) is 24.9 Å². The van der Waals surface area contributed by atoms with E-state index >= 15 is 0 Å². The van der Waals surface area contributed by atoms with E-state index in [0.717, 1.165) is 15.6 Å². The number of aryl methyl sites for hydroxylation is 1. The molecule has 0 aliphatic rings. The van der Waals surface area contributed by atoms with Gasteiger partial charge in [0.2, 0.25) is 11.8 Å². The number of para-hydroxylation sites is 1. The van der Waals surface area contributed by atoms with Crippen LogP contribution in [0.1, 0.15) is 38.3 Å². The molecule has 0 aromatic heterocycles. The zero-order valence-corrected chi connectivity index (χ0v) is 19.5. The molecular formula is C23H28BrN3O4. The highest BCUT2D eigenvalue weighted by molar-refractivity contribution is 9.10. The van der Waals surface area contributed by atoms with Crippen molar-refractivity contribution < 1.29 is 19.1 Å². The van der Waals surface area contributed by atoms with Crippen molar-refractivity contribution in [1.29, 1.82) is 0 Å². The summed E-state index contributed by atoms with van der Waals surface area (Å²) in [6.45, 7) is 5.26. The van der Waals surface area contributed by atoms with Gasteiger partial charge in [-0.05, 0) is 50.5 Å². The number of carbonyl (C=O) groups is 3. The number of nitrogens with one attached hydrogen (secondary N) is 3. The van der Waals surface area contributed by atoms with Gasteiger partial charge in [-0.15, -0.1) is 0 Å². The number of halogens is 1. The maximum atomic E-state index is 12.4. The van der Waals surface area contributed by atoms with Gasteiger partial charge >= 0.3 is 6.09 Å². The summed E-state index contributed by atoms with van der Waals surface area (Å²) in [5, 5.41) is 8.05. The Morgan fingerprint density at radius 2 is 1.55 bits per heavy atom. The molecule has 2 rings (SSSR count). The predicted molar refractivity (Wildman–Crippen MR) is 124 cm³/mol. The molecular weight excluding hydrogens is 462 g/mol. The van der Waals surface area contributed by atoms with Gasteiger partial charge in [0, 0.05) is 23.1 Å². The Morgan fingerprint density at radius 1 is 0.903 bits per heavy atom. The molecule has 3 N–H and O–H groups in total. The van der Waals surface area contributed by atoms with Crippen molar-refractivity contribution in [3.8, 4) is 0 Å². The summed E-state index contributed by atoms with van der Waals surface area (Å²) in [6.07, 6.45) is 0.298. The molecule has 0 aliphatic heterocycles. The molecule has 0 heterocycles. The molecule has 0 radical (unpaired) electrons. The second-order valence-corrected chi connectivity index (χ2v) is 8.78. The zero-order valence-electron chi connectivity index (χ0n) is 18.0. The van der Waals surface area contributed by atoms with Crippen molar-refractivity contribution in [3.05, 3.63) is 64.1 Å². The molecule has 0 bridgehead atoms. The Balaban J connectivity index is 1.83. The summed E-state index contributed by atoms with van der Waals surface area (Å²) >= 11 is 3.49. The fourth-order valence-electron chi connectivity index (χ4n) is 2.68. The first kappa shape index (κ1) is 24.4. The Hall–Kier alpha value is -2.87. The van der Waals surface area contributed by atoms with Crippen molar-refractivity contribution in [1.82, 2.24) is 10.6 Å². The van der Waals surface area contributed by atoms with Crippen molar-refractivity contribution in [3.63, 3.8) is 0 Å². The highest BCUT2D eigenvalue weighted by Gasteiger charge is 2.16. The van der Waals surface area contributed by atoms with Crippen LogP contribution in [0.2, 0.25) is 0 Å². The van der Waals surface area contributed by atoms with Gasteiger partial charge in [0.1, 0.15) is 12.1 Å². The number of carbonyl (C=O) groups excluding carboxylic acids is 3. The third-order valence-corrected chi connectivity index (χ3v) is 4.91. The Morgan fingerprint density at radius 3 is 2.23 bits per heavy atom. The first-order valence-electron chi connectivity index (χ1n) is 9.99. The Labute approximate surface area is 191 Å². The van der Waals surface area contributed by atoms with Gasteiger partial charge in [0.05, 0.1) is 0 Å². The number of anilines is 1. The Kier molecular flexibility index (Phi) is 9.05. The SMILES string of the molecule is CC(C)(C)OC(=O)NCC(=O)NCc1ccccc1NC(=O)CCc1ccccc1Br. The van der Waals surface area contributed by atoms with Gasteiger partial charge in [0.15, 0.2) is 0 Å². The molecule has 3 amide bonds. The molecule has 0 fully saturated rings. The Bertz CT molecular complexity index is 925.